The lowest BCUT2D eigenvalue weighted by molar-refractivity contribution is -0.137. The number of hydrogen-bond acceptors (Lipinski definition) is 2. The standard InChI is InChI=1S/C14H10F4N2O/c15-10-4-2-1-3-9(10)13(21)20-12-6-5-8(7-11(12)19)14(16,17)18/h1-7H,19H2,(H,20,21). The van der Waals surface area contributed by atoms with Crippen molar-refractivity contribution in [3.8, 4) is 0 Å². The first kappa shape index (κ1) is 14.8. The number of benzene rings is 2. The summed E-state index contributed by atoms with van der Waals surface area (Å²) in [7, 11) is 0. The van der Waals surface area contributed by atoms with E-state index in [0.717, 1.165) is 18.2 Å². The molecule has 0 spiro atoms. The molecule has 0 heterocycles. The van der Waals surface area contributed by atoms with E-state index in [4.69, 9.17) is 5.73 Å². The molecule has 2 aromatic rings. The third kappa shape index (κ3) is 3.31. The zero-order valence-electron chi connectivity index (χ0n) is 10.5. The van der Waals surface area contributed by atoms with Gasteiger partial charge < -0.3 is 11.1 Å². The number of anilines is 2. The maximum absolute atomic E-state index is 13.4. The van der Waals surface area contributed by atoms with Crippen LogP contribution in [0.25, 0.3) is 0 Å². The summed E-state index contributed by atoms with van der Waals surface area (Å²) in [6, 6.07) is 7.75. The topological polar surface area (TPSA) is 55.1 Å². The van der Waals surface area contributed by atoms with E-state index in [0.29, 0.717) is 6.07 Å². The number of nitrogens with two attached hydrogens (primary N) is 1. The lowest BCUT2D eigenvalue weighted by atomic mass is 10.1. The van der Waals surface area contributed by atoms with Crippen LogP contribution in [-0.4, -0.2) is 5.91 Å². The third-order valence-corrected chi connectivity index (χ3v) is 2.75. The Morgan fingerprint density at radius 1 is 1.10 bits per heavy atom. The third-order valence-electron chi connectivity index (χ3n) is 2.75. The minimum Gasteiger partial charge on any atom is -0.397 e. The Morgan fingerprint density at radius 3 is 2.33 bits per heavy atom. The van der Waals surface area contributed by atoms with Gasteiger partial charge in [0, 0.05) is 0 Å². The average molecular weight is 298 g/mol. The van der Waals surface area contributed by atoms with Crippen molar-refractivity contribution in [3.05, 3.63) is 59.4 Å². The Balaban J connectivity index is 2.25. The fourth-order valence-corrected chi connectivity index (χ4v) is 1.69. The van der Waals surface area contributed by atoms with Gasteiger partial charge in [0.2, 0.25) is 0 Å². The second-order valence-electron chi connectivity index (χ2n) is 4.23. The molecule has 21 heavy (non-hydrogen) atoms. The van der Waals surface area contributed by atoms with Gasteiger partial charge >= 0.3 is 6.18 Å². The first-order chi connectivity index (χ1) is 9.79. The number of rotatable bonds is 2. The molecule has 2 aromatic carbocycles. The van der Waals surface area contributed by atoms with Crippen molar-refractivity contribution in [1.82, 2.24) is 0 Å². The van der Waals surface area contributed by atoms with Gasteiger partial charge in [0.1, 0.15) is 5.82 Å². The molecule has 0 fully saturated rings. The summed E-state index contributed by atoms with van der Waals surface area (Å²) in [6.07, 6.45) is -4.53. The first-order valence-electron chi connectivity index (χ1n) is 5.81. The molecular weight excluding hydrogens is 288 g/mol. The van der Waals surface area contributed by atoms with E-state index < -0.39 is 23.5 Å². The predicted molar refractivity (Wildman–Crippen MR) is 70.2 cm³/mol. The maximum Gasteiger partial charge on any atom is 0.416 e. The lowest BCUT2D eigenvalue weighted by Crippen LogP contribution is -2.15. The van der Waals surface area contributed by atoms with Crippen LogP contribution in [0.4, 0.5) is 28.9 Å². The van der Waals surface area contributed by atoms with Gasteiger partial charge in [-0.2, -0.15) is 13.2 Å². The fraction of sp³-hybridized carbons (Fsp3) is 0.0714. The number of carbonyl (C=O) groups excluding carboxylic acids is 1. The molecule has 2 rings (SSSR count). The highest BCUT2D eigenvalue weighted by atomic mass is 19.4. The number of nitrogen functional groups attached to an aromatic ring is 1. The normalized spacial score (nSPS) is 11.2. The smallest absolute Gasteiger partial charge is 0.397 e. The van der Waals surface area contributed by atoms with E-state index in [9.17, 15) is 22.4 Å². The highest BCUT2D eigenvalue weighted by Crippen LogP contribution is 2.32. The number of carbonyl (C=O) groups is 1. The molecule has 0 unspecified atom stereocenters. The second-order valence-corrected chi connectivity index (χ2v) is 4.23. The van der Waals surface area contributed by atoms with Gasteiger partial charge in [-0.05, 0) is 30.3 Å². The summed E-state index contributed by atoms with van der Waals surface area (Å²) in [5.41, 5.74) is 4.05. The van der Waals surface area contributed by atoms with Crippen LogP contribution in [0.5, 0.6) is 0 Å². The van der Waals surface area contributed by atoms with Crippen LogP contribution < -0.4 is 11.1 Å². The molecule has 0 aliphatic rings. The van der Waals surface area contributed by atoms with Crippen LogP contribution in [0, 0.1) is 5.82 Å². The molecule has 0 aliphatic carbocycles. The van der Waals surface area contributed by atoms with E-state index in [1.807, 2.05) is 0 Å². The Bertz CT molecular complexity index is 683. The summed E-state index contributed by atoms with van der Waals surface area (Å²) in [5.74, 6) is -1.53. The Kier molecular flexibility index (Phi) is 3.84. The monoisotopic (exact) mass is 298 g/mol. The van der Waals surface area contributed by atoms with Crippen molar-refractivity contribution in [2.45, 2.75) is 6.18 Å². The maximum atomic E-state index is 13.4. The van der Waals surface area contributed by atoms with Gasteiger partial charge in [-0.25, -0.2) is 4.39 Å². The molecule has 3 nitrogen and oxygen atoms in total. The Morgan fingerprint density at radius 2 is 1.76 bits per heavy atom. The summed E-state index contributed by atoms with van der Waals surface area (Å²) < 4.78 is 50.9. The average Bonchev–Trinajstić information content (AvgIpc) is 2.40. The highest BCUT2D eigenvalue weighted by molar-refractivity contribution is 6.05. The van der Waals surface area contributed by atoms with Gasteiger partial charge in [0.05, 0.1) is 22.5 Å². The van der Waals surface area contributed by atoms with Crippen LogP contribution in [-0.2, 0) is 6.18 Å². The van der Waals surface area contributed by atoms with Crippen molar-refractivity contribution in [3.63, 3.8) is 0 Å². The lowest BCUT2D eigenvalue weighted by Gasteiger charge is -2.12. The molecular formula is C14H10F4N2O. The van der Waals surface area contributed by atoms with Gasteiger partial charge in [0.15, 0.2) is 0 Å². The number of hydrogen-bond donors (Lipinski definition) is 2. The van der Waals surface area contributed by atoms with E-state index in [-0.39, 0.29) is 16.9 Å². The van der Waals surface area contributed by atoms with Crippen molar-refractivity contribution < 1.29 is 22.4 Å². The number of nitrogens with one attached hydrogen (secondary N) is 1. The number of halogens is 4. The van der Waals surface area contributed by atoms with E-state index >= 15 is 0 Å². The van der Waals surface area contributed by atoms with Gasteiger partial charge in [-0.3, -0.25) is 4.79 Å². The molecule has 1 amide bonds. The van der Waals surface area contributed by atoms with Crippen LogP contribution in [0.15, 0.2) is 42.5 Å². The van der Waals surface area contributed by atoms with E-state index in [2.05, 4.69) is 5.32 Å². The summed E-state index contributed by atoms with van der Waals surface area (Å²) in [5, 5.41) is 2.27. The zero-order valence-corrected chi connectivity index (χ0v) is 10.5. The van der Waals surface area contributed by atoms with Crippen LogP contribution >= 0.6 is 0 Å². The van der Waals surface area contributed by atoms with Gasteiger partial charge in [-0.1, -0.05) is 12.1 Å². The largest absolute Gasteiger partial charge is 0.416 e. The zero-order chi connectivity index (χ0) is 15.6. The van der Waals surface area contributed by atoms with Gasteiger partial charge in [0.25, 0.3) is 5.91 Å². The van der Waals surface area contributed by atoms with E-state index in [1.54, 1.807) is 0 Å². The Hall–Kier alpha value is -2.57. The molecule has 7 heteroatoms. The van der Waals surface area contributed by atoms with Crippen LogP contribution in [0.3, 0.4) is 0 Å². The summed E-state index contributed by atoms with van der Waals surface area (Å²) >= 11 is 0. The first-order valence-corrected chi connectivity index (χ1v) is 5.81. The minimum atomic E-state index is -4.53. The van der Waals surface area contributed by atoms with E-state index in [1.165, 1.54) is 18.2 Å². The molecule has 3 N–H and O–H groups in total. The minimum absolute atomic E-state index is 0.0174. The second kappa shape index (κ2) is 5.43. The van der Waals surface area contributed by atoms with Crippen LogP contribution in [0.2, 0.25) is 0 Å². The highest BCUT2D eigenvalue weighted by Gasteiger charge is 2.30. The summed E-state index contributed by atoms with van der Waals surface area (Å²) in [4.78, 5) is 11.8. The summed E-state index contributed by atoms with van der Waals surface area (Å²) in [6.45, 7) is 0. The SMILES string of the molecule is Nc1cc(C(F)(F)F)ccc1NC(=O)c1ccccc1F. The van der Waals surface area contributed by atoms with Crippen molar-refractivity contribution >= 4 is 17.3 Å². The fourth-order valence-electron chi connectivity index (χ4n) is 1.69. The van der Waals surface area contributed by atoms with Crippen molar-refractivity contribution in [2.24, 2.45) is 0 Å². The predicted octanol–water partition coefficient (Wildman–Crippen LogP) is 3.68. The van der Waals surface area contributed by atoms with Gasteiger partial charge in [-0.15, -0.1) is 0 Å². The molecule has 0 saturated heterocycles. The quantitative estimate of drug-likeness (QED) is 0.656. The molecule has 0 radical (unpaired) electrons. The Labute approximate surface area is 117 Å². The van der Waals surface area contributed by atoms with Crippen molar-refractivity contribution in [1.29, 1.82) is 0 Å². The van der Waals surface area contributed by atoms with Crippen LogP contribution in [0.1, 0.15) is 15.9 Å². The molecule has 0 aliphatic heterocycles. The molecule has 0 bridgehead atoms. The molecule has 0 atom stereocenters. The molecule has 0 aromatic heterocycles. The molecule has 0 saturated carbocycles. The van der Waals surface area contributed by atoms with Crippen molar-refractivity contribution in [2.75, 3.05) is 11.1 Å². The number of amides is 1. The molecule has 110 valence electrons. The number of alkyl halides is 3.